The summed E-state index contributed by atoms with van der Waals surface area (Å²) in [5, 5.41) is 19.7. The van der Waals surface area contributed by atoms with Crippen LogP contribution in [0.1, 0.15) is 10.5 Å². The number of aromatic carboxylic acids is 1. The van der Waals surface area contributed by atoms with Crippen LogP contribution in [0.15, 0.2) is 35.8 Å². The first-order valence-corrected chi connectivity index (χ1v) is 6.77. The second-order valence-electron chi connectivity index (χ2n) is 3.83. The smallest absolute Gasteiger partial charge is 0.358 e. The molecule has 6 nitrogen and oxygen atoms in total. The third kappa shape index (κ3) is 2.17. The zero-order valence-corrected chi connectivity index (χ0v) is 11.5. The van der Waals surface area contributed by atoms with E-state index in [1.165, 1.54) is 16.0 Å². The highest BCUT2D eigenvalue weighted by Gasteiger charge is 2.22. The fraction of sp³-hybridized carbons (Fsp3) is 0. The van der Waals surface area contributed by atoms with Crippen LogP contribution in [0, 0.1) is 0 Å². The number of thiazole rings is 1. The molecule has 20 heavy (non-hydrogen) atoms. The Kier molecular flexibility index (Phi) is 3.21. The summed E-state index contributed by atoms with van der Waals surface area (Å²) in [5.41, 5.74) is 0.915. The molecule has 0 atom stereocenters. The van der Waals surface area contributed by atoms with Gasteiger partial charge >= 0.3 is 5.97 Å². The summed E-state index contributed by atoms with van der Waals surface area (Å²) in [4.78, 5) is 15.4. The Balaban J connectivity index is 2.23. The molecule has 3 rings (SSSR count). The van der Waals surface area contributed by atoms with Crippen LogP contribution in [0.25, 0.3) is 16.4 Å². The molecule has 0 amide bonds. The molecule has 0 unspecified atom stereocenters. The number of carbonyl (C=O) groups is 1. The van der Waals surface area contributed by atoms with Crippen molar-refractivity contribution in [3.05, 3.63) is 46.6 Å². The van der Waals surface area contributed by atoms with Crippen LogP contribution in [0.5, 0.6) is 0 Å². The molecule has 1 N–H and O–H groups in total. The lowest BCUT2D eigenvalue weighted by Gasteiger charge is -2.04. The summed E-state index contributed by atoms with van der Waals surface area (Å²) in [6.45, 7) is 0. The second kappa shape index (κ2) is 5.03. The molecule has 0 aliphatic heterocycles. The van der Waals surface area contributed by atoms with Crippen LogP contribution in [0.4, 0.5) is 0 Å². The van der Waals surface area contributed by atoms with Crippen LogP contribution in [-0.4, -0.2) is 31.1 Å². The van der Waals surface area contributed by atoms with E-state index in [0.29, 0.717) is 21.4 Å². The van der Waals surface area contributed by atoms with E-state index in [2.05, 4.69) is 15.3 Å². The molecule has 0 aliphatic rings. The number of hydrogen-bond acceptors (Lipinski definition) is 5. The van der Waals surface area contributed by atoms with Crippen LogP contribution in [0.2, 0.25) is 5.02 Å². The van der Waals surface area contributed by atoms with Gasteiger partial charge in [-0.3, -0.25) is 0 Å². The molecule has 0 fully saturated rings. The predicted octanol–water partition coefficient (Wildman–Crippen LogP) is 2.74. The number of nitrogens with zero attached hydrogens (tertiary/aromatic N) is 4. The van der Waals surface area contributed by atoms with Gasteiger partial charge in [0.25, 0.3) is 0 Å². The number of benzene rings is 1. The number of rotatable bonds is 3. The SMILES string of the molecule is O=C(O)c1nnn(-c2nccs2)c1-c1ccc(Cl)cc1. The normalized spacial score (nSPS) is 10.7. The van der Waals surface area contributed by atoms with E-state index in [4.69, 9.17) is 11.6 Å². The minimum Gasteiger partial charge on any atom is -0.476 e. The lowest BCUT2D eigenvalue weighted by atomic mass is 10.1. The van der Waals surface area contributed by atoms with E-state index in [-0.39, 0.29) is 5.69 Å². The summed E-state index contributed by atoms with van der Waals surface area (Å²) >= 11 is 7.19. The predicted molar refractivity (Wildman–Crippen MR) is 74.4 cm³/mol. The first-order valence-electron chi connectivity index (χ1n) is 5.51. The molecular formula is C12H7ClN4O2S. The van der Waals surface area contributed by atoms with Crippen LogP contribution in [-0.2, 0) is 0 Å². The van der Waals surface area contributed by atoms with Crippen molar-refractivity contribution in [3.8, 4) is 16.4 Å². The number of halogens is 1. The van der Waals surface area contributed by atoms with Crippen molar-refractivity contribution in [2.75, 3.05) is 0 Å². The molecule has 0 radical (unpaired) electrons. The molecule has 100 valence electrons. The molecule has 1 aromatic carbocycles. The standard InChI is InChI=1S/C12H7ClN4O2S/c13-8-3-1-7(2-4-8)10-9(11(18)19)15-16-17(10)12-14-5-6-20-12/h1-6H,(H,18,19). The van der Waals surface area contributed by atoms with Crippen molar-refractivity contribution >= 4 is 28.9 Å². The molecule has 0 aliphatic carbocycles. The van der Waals surface area contributed by atoms with Crippen molar-refractivity contribution < 1.29 is 9.90 Å². The molecule has 3 aromatic rings. The first-order chi connectivity index (χ1) is 9.66. The summed E-state index contributed by atoms with van der Waals surface area (Å²) in [6, 6.07) is 6.80. The quantitative estimate of drug-likeness (QED) is 0.804. The lowest BCUT2D eigenvalue weighted by molar-refractivity contribution is 0.0691. The van der Waals surface area contributed by atoms with Crippen molar-refractivity contribution in [3.63, 3.8) is 0 Å². The molecule has 0 saturated heterocycles. The molecule has 0 bridgehead atoms. The Morgan fingerprint density at radius 3 is 2.65 bits per heavy atom. The van der Waals surface area contributed by atoms with Crippen molar-refractivity contribution in [2.45, 2.75) is 0 Å². The van der Waals surface area contributed by atoms with Gasteiger partial charge in [0, 0.05) is 22.2 Å². The van der Waals surface area contributed by atoms with Crippen LogP contribution < -0.4 is 0 Å². The van der Waals surface area contributed by atoms with E-state index in [1.54, 1.807) is 35.8 Å². The maximum atomic E-state index is 11.3. The van der Waals surface area contributed by atoms with E-state index >= 15 is 0 Å². The number of aromatic nitrogens is 4. The largest absolute Gasteiger partial charge is 0.476 e. The number of carboxylic acids is 1. The van der Waals surface area contributed by atoms with E-state index < -0.39 is 5.97 Å². The minimum atomic E-state index is -1.14. The van der Waals surface area contributed by atoms with Gasteiger partial charge in [-0.1, -0.05) is 28.9 Å². The van der Waals surface area contributed by atoms with Crippen LogP contribution >= 0.6 is 22.9 Å². The third-order valence-electron chi connectivity index (χ3n) is 2.59. The third-order valence-corrected chi connectivity index (χ3v) is 3.59. The minimum absolute atomic E-state index is 0.123. The van der Waals surface area contributed by atoms with Gasteiger partial charge in [0.2, 0.25) is 5.13 Å². The summed E-state index contributed by atoms with van der Waals surface area (Å²) < 4.78 is 1.41. The fourth-order valence-electron chi connectivity index (χ4n) is 1.75. The van der Waals surface area contributed by atoms with Gasteiger partial charge in [0.05, 0.1) is 0 Å². The monoisotopic (exact) mass is 306 g/mol. The Morgan fingerprint density at radius 1 is 1.30 bits per heavy atom. The Bertz CT molecular complexity index is 752. The van der Waals surface area contributed by atoms with E-state index in [9.17, 15) is 9.90 Å². The highest BCUT2D eigenvalue weighted by molar-refractivity contribution is 7.12. The Hall–Kier alpha value is -2.25. The molecule has 2 heterocycles. The maximum Gasteiger partial charge on any atom is 0.358 e. The molecule has 0 saturated carbocycles. The zero-order valence-electron chi connectivity index (χ0n) is 9.89. The van der Waals surface area contributed by atoms with Crippen molar-refractivity contribution in [1.82, 2.24) is 20.0 Å². The van der Waals surface area contributed by atoms with Gasteiger partial charge in [-0.2, -0.15) is 4.68 Å². The number of carboxylic acid groups (broad SMARTS) is 1. The van der Waals surface area contributed by atoms with Gasteiger partial charge in [-0.25, -0.2) is 9.78 Å². The Morgan fingerprint density at radius 2 is 2.05 bits per heavy atom. The first kappa shape index (κ1) is 12.8. The fourth-order valence-corrected chi connectivity index (χ4v) is 2.47. The lowest BCUT2D eigenvalue weighted by Crippen LogP contribution is -2.02. The van der Waals surface area contributed by atoms with Crippen molar-refractivity contribution in [1.29, 1.82) is 0 Å². The Labute approximate surface area is 122 Å². The van der Waals surface area contributed by atoms with E-state index in [0.717, 1.165) is 0 Å². The molecule has 8 heteroatoms. The van der Waals surface area contributed by atoms with E-state index in [1.807, 2.05) is 0 Å². The van der Waals surface area contributed by atoms with Gasteiger partial charge in [-0.05, 0) is 12.1 Å². The van der Waals surface area contributed by atoms with Crippen molar-refractivity contribution in [2.24, 2.45) is 0 Å². The summed E-state index contributed by atoms with van der Waals surface area (Å²) in [5.74, 6) is -1.14. The average molecular weight is 307 g/mol. The van der Waals surface area contributed by atoms with Gasteiger partial charge in [-0.15, -0.1) is 16.4 Å². The van der Waals surface area contributed by atoms with Gasteiger partial charge in [0.15, 0.2) is 5.69 Å². The van der Waals surface area contributed by atoms with Gasteiger partial charge < -0.3 is 5.11 Å². The number of hydrogen-bond donors (Lipinski definition) is 1. The highest BCUT2D eigenvalue weighted by atomic mass is 35.5. The summed E-state index contributed by atoms with van der Waals surface area (Å²) in [6.07, 6.45) is 1.62. The molecular weight excluding hydrogens is 300 g/mol. The second-order valence-corrected chi connectivity index (χ2v) is 5.13. The van der Waals surface area contributed by atoms with Gasteiger partial charge in [0.1, 0.15) is 5.69 Å². The molecule has 2 aromatic heterocycles. The van der Waals surface area contributed by atoms with Crippen LogP contribution in [0.3, 0.4) is 0 Å². The topological polar surface area (TPSA) is 80.9 Å². The summed E-state index contributed by atoms with van der Waals surface area (Å²) in [7, 11) is 0. The zero-order chi connectivity index (χ0) is 14.1. The molecule has 0 spiro atoms. The highest BCUT2D eigenvalue weighted by Crippen LogP contribution is 2.27. The maximum absolute atomic E-state index is 11.3. The average Bonchev–Trinajstić information content (AvgIpc) is 3.08.